The van der Waals surface area contributed by atoms with Crippen LogP contribution in [0.3, 0.4) is 0 Å². The molecule has 1 aromatic rings. The van der Waals surface area contributed by atoms with E-state index in [1.807, 2.05) is 0 Å². The summed E-state index contributed by atoms with van der Waals surface area (Å²) in [6.07, 6.45) is 2.57. The van der Waals surface area contributed by atoms with Gasteiger partial charge in [-0.05, 0) is 37.4 Å². The van der Waals surface area contributed by atoms with E-state index in [1.165, 1.54) is 25.1 Å². The summed E-state index contributed by atoms with van der Waals surface area (Å²) in [5.74, 6) is 0.684. The highest BCUT2D eigenvalue weighted by Gasteiger charge is 2.18. The summed E-state index contributed by atoms with van der Waals surface area (Å²) in [6, 6.07) is 10.6. The number of hydrogen-bond donors (Lipinski definition) is 1. The molecule has 1 atom stereocenters. The van der Waals surface area contributed by atoms with Gasteiger partial charge in [-0.3, -0.25) is 0 Å². The number of para-hydroxylation sites is 1. The average Bonchev–Trinajstić information content (AvgIpc) is 2.30. The third-order valence-electron chi connectivity index (χ3n) is 2.97. The van der Waals surface area contributed by atoms with Crippen LogP contribution in [-0.2, 0) is 0 Å². The lowest BCUT2D eigenvalue weighted by Crippen LogP contribution is -2.38. The van der Waals surface area contributed by atoms with E-state index < -0.39 is 0 Å². The van der Waals surface area contributed by atoms with E-state index >= 15 is 0 Å². The first-order valence-electron chi connectivity index (χ1n) is 5.40. The molecule has 0 aromatic heterocycles. The van der Waals surface area contributed by atoms with Gasteiger partial charge >= 0.3 is 0 Å². The number of nitrogens with zero attached hydrogens (tertiary/aromatic N) is 1. The van der Waals surface area contributed by atoms with E-state index in [0.717, 1.165) is 13.1 Å². The van der Waals surface area contributed by atoms with Crippen LogP contribution in [0.25, 0.3) is 0 Å². The normalized spacial score (nSPS) is 19.6. The van der Waals surface area contributed by atoms with Gasteiger partial charge in [-0.15, -0.1) is 24.8 Å². The standard InChI is InChI=1S/C12H18N2.2ClH/c13-9-11-5-4-8-14(10-11)12-6-2-1-3-7-12;;/h1-3,6-7,11H,4-5,8-10,13H2;2*1H. The third-order valence-corrected chi connectivity index (χ3v) is 2.97. The monoisotopic (exact) mass is 262 g/mol. The summed E-state index contributed by atoms with van der Waals surface area (Å²) in [5, 5.41) is 0. The van der Waals surface area contributed by atoms with Gasteiger partial charge in [0.05, 0.1) is 0 Å². The van der Waals surface area contributed by atoms with Gasteiger partial charge in [-0.25, -0.2) is 0 Å². The number of hydrogen-bond acceptors (Lipinski definition) is 2. The third kappa shape index (κ3) is 3.85. The summed E-state index contributed by atoms with van der Waals surface area (Å²) in [5.41, 5.74) is 7.06. The first-order chi connectivity index (χ1) is 6.90. The molecule has 2 nitrogen and oxygen atoms in total. The minimum Gasteiger partial charge on any atom is -0.371 e. The van der Waals surface area contributed by atoms with Crippen molar-refractivity contribution in [2.24, 2.45) is 11.7 Å². The predicted octanol–water partition coefficient (Wildman–Crippen LogP) is 2.71. The molecule has 16 heavy (non-hydrogen) atoms. The van der Waals surface area contributed by atoms with E-state index in [2.05, 4.69) is 35.2 Å². The van der Waals surface area contributed by atoms with Crippen molar-refractivity contribution in [3.8, 4) is 0 Å². The van der Waals surface area contributed by atoms with Crippen molar-refractivity contribution in [2.75, 3.05) is 24.5 Å². The molecule has 1 aromatic carbocycles. The van der Waals surface area contributed by atoms with Gasteiger partial charge in [0.15, 0.2) is 0 Å². The van der Waals surface area contributed by atoms with Crippen LogP contribution in [0.4, 0.5) is 5.69 Å². The molecule has 0 aliphatic carbocycles. The van der Waals surface area contributed by atoms with Crippen molar-refractivity contribution in [1.29, 1.82) is 0 Å². The second-order valence-corrected chi connectivity index (χ2v) is 4.03. The van der Waals surface area contributed by atoms with Crippen LogP contribution < -0.4 is 10.6 Å². The van der Waals surface area contributed by atoms with E-state index in [4.69, 9.17) is 5.73 Å². The summed E-state index contributed by atoms with van der Waals surface area (Å²) in [6.45, 7) is 3.13. The molecule has 92 valence electrons. The molecule has 1 unspecified atom stereocenters. The molecule has 0 amide bonds. The van der Waals surface area contributed by atoms with E-state index in [9.17, 15) is 0 Å². The van der Waals surface area contributed by atoms with Crippen LogP contribution in [0.5, 0.6) is 0 Å². The Morgan fingerprint density at radius 2 is 1.88 bits per heavy atom. The number of rotatable bonds is 2. The molecule has 1 saturated heterocycles. The molecule has 4 heteroatoms. The molecule has 0 bridgehead atoms. The zero-order chi connectivity index (χ0) is 9.80. The highest BCUT2D eigenvalue weighted by Crippen LogP contribution is 2.21. The van der Waals surface area contributed by atoms with E-state index in [0.29, 0.717) is 5.92 Å². The second-order valence-electron chi connectivity index (χ2n) is 4.03. The first kappa shape index (κ1) is 15.6. The van der Waals surface area contributed by atoms with Gasteiger partial charge in [0, 0.05) is 18.8 Å². The number of piperidine rings is 1. The Labute approximate surface area is 110 Å². The van der Waals surface area contributed by atoms with Crippen LogP contribution in [0.1, 0.15) is 12.8 Å². The van der Waals surface area contributed by atoms with Gasteiger partial charge in [-0.2, -0.15) is 0 Å². The molecule has 2 rings (SSSR count). The maximum absolute atomic E-state index is 5.72. The Hall–Kier alpha value is -0.440. The van der Waals surface area contributed by atoms with Crippen molar-refractivity contribution in [3.05, 3.63) is 30.3 Å². The molecular formula is C12H20Cl2N2. The van der Waals surface area contributed by atoms with E-state index in [1.54, 1.807) is 0 Å². The lowest BCUT2D eigenvalue weighted by atomic mass is 9.98. The van der Waals surface area contributed by atoms with Gasteiger partial charge in [0.25, 0.3) is 0 Å². The Morgan fingerprint density at radius 3 is 2.50 bits per heavy atom. The van der Waals surface area contributed by atoms with Crippen LogP contribution in [-0.4, -0.2) is 19.6 Å². The molecule has 1 fully saturated rings. The van der Waals surface area contributed by atoms with E-state index in [-0.39, 0.29) is 24.8 Å². The molecule has 1 heterocycles. The minimum atomic E-state index is 0. The fraction of sp³-hybridized carbons (Fsp3) is 0.500. The summed E-state index contributed by atoms with van der Waals surface area (Å²) < 4.78 is 0. The molecule has 1 aliphatic rings. The maximum atomic E-state index is 5.72. The lowest BCUT2D eigenvalue weighted by molar-refractivity contribution is 0.423. The van der Waals surface area contributed by atoms with Gasteiger partial charge in [0.1, 0.15) is 0 Å². The molecule has 0 radical (unpaired) electrons. The largest absolute Gasteiger partial charge is 0.371 e. The quantitative estimate of drug-likeness (QED) is 0.888. The molecule has 0 spiro atoms. The smallest absolute Gasteiger partial charge is 0.0366 e. The number of nitrogens with two attached hydrogens (primary N) is 1. The molecular weight excluding hydrogens is 243 g/mol. The zero-order valence-electron chi connectivity index (χ0n) is 9.34. The van der Waals surface area contributed by atoms with Crippen LogP contribution in [0, 0.1) is 5.92 Å². The SMILES string of the molecule is Cl.Cl.NCC1CCCN(c2ccccc2)C1. The summed E-state index contributed by atoms with van der Waals surface area (Å²) >= 11 is 0. The summed E-state index contributed by atoms with van der Waals surface area (Å²) in [7, 11) is 0. The van der Waals surface area contributed by atoms with Gasteiger partial charge in [0.2, 0.25) is 0 Å². The van der Waals surface area contributed by atoms with Crippen LogP contribution in [0.15, 0.2) is 30.3 Å². The average molecular weight is 263 g/mol. The highest BCUT2D eigenvalue weighted by atomic mass is 35.5. The van der Waals surface area contributed by atoms with Crippen LogP contribution >= 0.6 is 24.8 Å². The fourth-order valence-corrected chi connectivity index (χ4v) is 2.13. The number of benzene rings is 1. The topological polar surface area (TPSA) is 29.3 Å². The Morgan fingerprint density at radius 1 is 1.19 bits per heavy atom. The van der Waals surface area contributed by atoms with Crippen molar-refractivity contribution in [2.45, 2.75) is 12.8 Å². The zero-order valence-corrected chi connectivity index (χ0v) is 11.0. The van der Waals surface area contributed by atoms with Crippen molar-refractivity contribution < 1.29 is 0 Å². The van der Waals surface area contributed by atoms with Crippen molar-refractivity contribution >= 4 is 30.5 Å². The van der Waals surface area contributed by atoms with Crippen molar-refractivity contribution in [3.63, 3.8) is 0 Å². The second kappa shape index (κ2) is 7.77. The van der Waals surface area contributed by atoms with Gasteiger partial charge < -0.3 is 10.6 Å². The number of anilines is 1. The molecule has 0 saturated carbocycles. The number of halogens is 2. The first-order valence-corrected chi connectivity index (χ1v) is 5.40. The molecule has 2 N–H and O–H groups in total. The predicted molar refractivity (Wildman–Crippen MR) is 74.9 cm³/mol. The van der Waals surface area contributed by atoms with Crippen molar-refractivity contribution in [1.82, 2.24) is 0 Å². The Bertz CT molecular complexity index is 280. The summed E-state index contributed by atoms with van der Waals surface area (Å²) in [4.78, 5) is 2.45. The fourth-order valence-electron chi connectivity index (χ4n) is 2.13. The Kier molecular flexibility index (Phi) is 7.56. The lowest BCUT2D eigenvalue weighted by Gasteiger charge is -2.33. The van der Waals surface area contributed by atoms with Gasteiger partial charge in [-0.1, -0.05) is 18.2 Å². The molecule has 1 aliphatic heterocycles. The minimum absolute atomic E-state index is 0. The van der Waals surface area contributed by atoms with Crippen LogP contribution in [0.2, 0.25) is 0 Å². The maximum Gasteiger partial charge on any atom is 0.0366 e. The Balaban J connectivity index is 0.00000112. The highest BCUT2D eigenvalue weighted by molar-refractivity contribution is 5.85.